The Labute approximate surface area is 139 Å². The van der Waals surface area contributed by atoms with Crippen LogP contribution in [-0.2, 0) is 11.3 Å². The van der Waals surface area contributed by atoms with Crippen molar-refractivity contribution in [1.82, 2.24) is 9.88 Å². The van der Waals surface area contributed by atoms with Crippen LogP contribution in [0.1, 0.15) is 4.88 Å². The van der Waals surface area contributed by atoms with E-state index in [0.29, 0.717) is 22.0 Å². The van der Waals surface area contributed by atoms with E-state index in [0.717, 1.165) is 29.5 Å². The summed E-state index contributed by atoms with van der Waals surface area (Å²) in [5.41, 5.74) is 0.287. The second kappa shape index (κ2) is 5.28. The highest BCUT2D eigenvalue weighted by Gasteiger charge is 2.65. The molecule has 0 unspecified atom stereocenters. The quantitative estimate of drug-likeness (QED) is 0.496. The molecule has 132 valence electrons. The first-order chi connectivity index (χ1) is 10.8. The van der Waals surface area contributed by atoms with E-state index < -0.39 is 15.1 Å². The molecule has 2 aromatic rings. The first-order valence-electron chi connectivity index (χ1n) is 6.47. The maximum Gasteiger partial charge on any atom is 0.310 e. The zero-order chi connectivity index (χ0) is 18.2. The Morgan fingerprint density at radius 1 is 1.25 bits per heavy atom. The molecule has 0 saturated carbocycles. The Bertz CT molecular complexity index is 784. The average molecular weight is 384 g/mol. The number of hydrogen-bond acceptors (Lipinski definition) is 3. The maximum absolute atomic E-state index is 12.7. The summed E-state index contributed by atoms with van der Waals surface area (Å²) in [6, 6.07) is 2.61. The summed E-state index contributed by atoms with van der Waals surface area (Å²) in [7, 11) is -8.11. The van der Waals surface area contributed by atoms with Crippen molar-refractivity contribution >= 4 is 27.5 Å². The lowest BCUT2D eigenvalue weighted by molar-refractivity contribution is -0.125. The standard InChI is InChI=1S/C14H13F5N2OS2/c1-3-13(22)21(2)9-11-8-20-14(23-11)10-4-6-12(7-5-10)24(15,16,17,18)19/h3-8H,1,9H2,2H3. The number of carbonyl (C=O) groups excluding carboxylic acids is 1. The van der Waals surface area contributed by atoms with Gasteiger partial charge in [0.1, 0.15) is 9.90 Å². The molecule has 0 atom stereocenters. The number of carbonyl (C=O) groups is 1. The average Bonchev–Trinajstić information content (AvgIpc) is 2.92. The van der Waals surface area contributed by atoms with E-state index >= 15 is 0 Å². The predicted octanol–water partition coefficient (Wildman–Crippen LogP) is 5.61. The molecule has 1 heterocycles. The summed E-state index contributed by atoms with van der Waals surface area (Å²) in [5.74, 6) is -0.287. The molecule has 10 heteroatoms. The van der Waals surface area contributed by atoms with Crippen molar-refractivity contribution in [3.63, 3.8) is 0 Å². The molecular formula is C14H13F5N2OS2. The molecular weight excluding hydrogens is 371 g/mol. The second-order valence-electron chi connectivity index (χ2n) is 5.02. The first-order valence-corrected chi connectivity index (χ1v) is 9.24. The molecule has 3 nitrogen and oxygen atoms in total. The van der Waals surface area contributed by atoms with Crippen LogP contribution in [0.4, 0.5) is 19.4 Å². The van der Waals surface area contributed by atoms with Crippen molar-refractivity contribution in [1.29, 1.82) is 0 Å². The molecule has 0 radical (unpaired) electrons. The van der Waals surface area contributed by atoms with Crippen molar-refractivity contribution in [2.45, 2.75) is 11.4 Å². The normalized spacial score (nSPS) is 14.6. The van der Waals surface area contributed by atoms with Crippen LogP contribution in [-0.4, -0.2) is 22.8 Å². The SMILES string of the molecule is C=CC(=O)N(C)Cc1cnc(-c2ccc(S(F)(F)(F)(F)F)cc2)s1. The summed E-state index contributed by atoms with van der Waals surface area (Å²) in [4.78, 5) is 15.6. The van der Waals surface area contributed by atoms with Crippen molar-refractivity contribution in [3.8, 4) is 10.6 Å². The van der Waals surface area contributed by atoms with Crippen LogP contribution in [0.2, 0.25) is 0 Å². The van der Waals surface area contributed by atoms with Crippen molar-refractivity contribution in [3.05, 3.63) is 48.0 Å². The minimum Gasteiger partial charge on any atom is -0.337 e. The van der Waals surface area contributed by atoms with Gasteiger partial charge in [0.05, 0.1) is 6.54 Å². The third-order valence-corrected chi connectivity index (χ3v) is 5.24. The van der Waals surface area contributed by atoms with Crippen molar-refractivity contribution in [2.24, 2.45) is 0 Å². The molecule has 1 aromatic heterocycles. The summed E-state index contributed by atoms with van der Waals surface area (Å²) in [6.45, 7) is 3.62. The third-order valence-electron chi connectivity index (χ3n) is 3.04. The van der Waals surface area contributed by atoms with E-state index in [4.69, 9.17) is 0 Å². The van der Waals surface area contributed by atoms with Gasteiger partial charge in [-0.1, -0.05) is 38.1 Å². The molecule has 1 amide bonds. The highest BCUT2D eigenvalue weighted by molar-refractivity contribution is 8.45. The number of likely N-dealkylation sites (N-methyl/N-ethyl adjacent to an activating group) is 1. The number of hydrogen-bond donors (Lipinski definition) is 0. The van der Waals surface area contributed by atoms with E-state index in [1.807, 2.05) is 0 Å². The van der Waals surface area contributed by atoms with Crippen LogP contribution >= 0.6 is 21.6 Å². The van der Waals surface area contributed by atoms with Crippen LogP contribution < -0.4 is 0 Å². The second-order valence-corrected chi connectivity index (χ2v) is 8.55. The molecule has 0 aliphatic rings. The molecule has 0 N–H and O–H groups in total. The van der Waals surface area contributed by atoms with E-state index in [2.05, 4.69) is 11.6 Å². The number of thiazole rings is 1. The summed E-state index contributed by atoms with van der Waals surface area (Å²) < 4.78 is 63.4. The van der Waals surface area contributed by atoms with Gasteiger partial charge in [-0.2, -0.15) is 0 Å². The van der Waals surface area contributed by atoms with E-state index in [-0.39, 0.29) is 18.0 Å². The van der Waals surface area contributed by atoms with Gasteiger partial charge in [0.25, 0.3) is 0 Å². The fraction of sp³-hybridized carbons (Fsp3) is 0.143. The molecule has 0 bridgehead atoms. The van der Waals surface area contributed by atoms with E-state index in [1.165, 1.54) is 11.1 Å². The van der Waals surface area contributed by atoms with Gasteiger partial charge < -0.3 is 4.90 Å². The number of halogens is 5. The van der Waals surface area contributed by atoms with Gasteiger partial charge in [-0.25, -0.2) is 4.98 Å². The van der Waals surface area contributed by atoms with Gasteiger partial charge in [-0.3, -0.25) is 4.79 Å². The van der Waals surface area contributed by atoms with Crippen molar-refractivity contribution < 1.29 is 24.2 Å². The minimum atomic E-state index is -9.67. The fourth-order valence-corrected chi connectivity index (χ4v) is 3.46. The summed E-state index contributed by atoms with van der Waals surface area (Å²) in [5, 5.41) is 0.373. The highest BCUT2D eigenvalue weighted by atomic mass is 32.5. The maximum atomic E-state index is 12.7. The highest BCUT2D eigenvalue weighted by Crippen LogP contribution is 3.02. The summed E-state index contributed by atoms with van der Waals surface area (Å²) >= 11 is 1.16. The largest absolute Gasteiger partial charge is 0.337 e. The van der Waals surface area contributed by atoms with E-state index in [1.54, 1.807) is 7.05 Å². The fourth-order valence-electron chi connectivity index (χ4n) is 1.84. The smallest absolute Gasteiger partial charge is 0.310 e. The Balaban J connectivity index is 2.23. The molecule has 0 aliphatic carbocycles. The number of nitrogens with zero attached hydrogens (tertiary/aromatic N) is 2. The van der Waals surface area contributed by atoms with E-state index in [9.17, 15) is 24.2 Å². The van der Waals surface area contributed by atoms with Gasteiger partial charge in [0, 0.05) is 23.7 Å². The van der Waals surface area contributed by atoms with Gasteiger partial charge >= 0.3 is 10.2 Å². The lowest BCUT2D eigenvalue weighted by Gasteiger charge is -2.40. The van der Waals surface area contributed by atoms with Crippen LogP contribution in [0.15, 0.2) is 48.0 Å². The Kier molecular flexibility index (Phi) is 4.05. The first kappa shape index (κ1) is 18.4. The molecule has 0 spiro atoms. The third kappa shape index (κ3) is 4.32. The number of aromatic nitrogens is 1. The molecule has 2 rings (SSSR count). The van der Waals surface area contributed by atoms with Crippen LogP contribution in [0.3, 0.4) is 0 Å². The number of benzene rings is 1. The Morgan fingerprint density at radius 2 is 1.83 bits per heavy atom. The monoisotopic (exact) mass is 384 g/mol. The van der Waals surface area contributed by atoms with Crippen LogP contribution in [0, 0.1) is 0 Å². The Hall–Kier alpha value is -1.94. The zero-order valence-electron chi connectivity index (χ0n) is 12.4. The van der Waals surface area contributed by atoms with Gasteiger partial charge in [0.15, 0.2) is 0 Å². The molecule has 0 saturated heterocycles. The predicted molar refractivity (Wildman–Crippen MR) is 85.6 cm³/mol. The van der Waals surface area contributed by atoms with Gasteiger partial charge in [-0.15, -0.1) is 11.3 Å². The lowest BCUT2D eigenvalue weighted by atomic mass is 10.2. The minimum absolute atomic E-state index is 0.256. The topological polar surface area (TPSA) is 33.2 Å². The summed E-state index contributed by atoms with van der Waals surface area (Å²) in [6.07, 6.45) is 2.63. The van der Waals surface area contributed by atoms with Gasteiger partial charge in [0.2, 0.25) is 5.91 Å². The molecule has 0 aliphatic heterocycles. The number of amides is 1. The number of rotatable bonds is 5. The Morgan fingerprint density at radius 3 is 2.33 bits per heavy atom. The van der Waals surface area contributed by atoms with Gasteiger partial charge in [-0.05, 0) is 18.2 Å². The van der Waals surface area contributed by atoms with Crippen LogP contribution in [0.5, 0.6) is 0 Å². The van der Waals surface area contributed by atoms with Crippen LogP contribution in [0.25, 0.3) is 10.6 Å². The zero-order valence-corrected chi connectivity index (χ0v) is 14.0. The molecule has 1 aromatic carbocycles. The molecule has 24 heavy (non-hydrogen) atoms. The lowest BCUT2D eigenvalue weighted by Crippen LogP contribution is -2.23. The van der Waals surface area contributed by atoms with Crippen molar-refractivity contribution in [2.75, 3.05) is 7.05 Å². The molecule has 0 fully saturated rings.